The molecule has 112 valence electrons. The number of aryl methyl sites for hydroxylation is 2. The van der Waals surface area contributed by atoms with E-state index < -0.39 is 6.10 Å². The van der Waals surface area contributed by atoms with Gasteiger partial charge in [-0.1, -0.05) is 11.6 Å². The second kappa shape index (κ2) is 6.91. The average Bonchev–Trinajstić information content (AvgIpc) is 2.86. The van der Waals surface area contributed by atoms with Crippen molar-refractivity contribution in [2.75, 3.05) is 0 Å². The van der Waals surface area contributed by atoms with E-state index in [0.29, 0.717) is 17.3 Å². The number of nitrogens with zero attached hydrogens (tertiary/aromatic N) is 1. The summed E-state index contributed by atoms with van der Waals surface area (Å²) in [6, 6.07) is 5.33. The largest absolute Gasteiger partial charge is 0.481 e. The third-order valence-corrected chi connectivity index (χ3v) is 4.17. The van der Waals surface area contributed by atoms with Gasteiger partial charge < -0.3 is 10.1 Å². The highest BCUT2D eigenvalue weighted by atomic mass is 35.5. The summed E-state index contributed by atoms with van der Waals surface area (Å²) < 4.78 is 5.62. The van der Waals surface area contributed by atoms with Crippen LogP contribution < -0.4 is 10.1 Å². The van der Waals surface area contributed by atoms with Crippen molar-refractivity contribution in [2.45, 2.75) is 33.4 Å². The molecule has 0 aliphatic rings. The molecule has 0 unspecified atom stereocenters. The Morgan fingerprint density at radius 1 is 1.48 bits per heavy atom. The number of ether oxygens (including phenoxy) is 1. The van der Waals surface area contributed by atoms with Crippen molar-refractivity contribution < 1.29 is 9.53 Å². The lowest BCUT2D eigenvalue weighted by Crippen LogP contribution is -2.36. The highest BCUT2D eigenvalue weighted by molar-refractivity contribution is 7.09. The van der Waals surface area contributed by atoms with E-state index in [1.807, 2.05) is 25.3 Å². The van der Waals surface area contributed by atoms with Crippen LogP contribution in [-0.2, 0) is 11.3 Å². The van der Waals surface area contributed by atoms with Crippen LogP contribution in [0.15, 0.2) is 23.6 Å². The highest BCUT2D eigenvalue weighted by Crippen LogP contribution is 2.21. The van der Waals surface area contributed by atoms with Crippen LogP contribution in [-0.4, -0.2) is 17.0 Å². The van der Waals surface area contributed by atoms with Gasteiger partial charge in [-0.25, -0.2) is 4.98 Å². The molecule has 6 heteroatoms. The SMILES string of the molecule is Cc1nc(CNC(=O)[C@H](C)Oc2ccc(Cl)c(C)c2)cs1. The van der Waals surface area contributed by atoms with Crippen LogP contribution in [0.25, 0.3) is 0 Å². The predicted molar refractivity (Wildman–Crippen MR) is 85.0 cm³/mol. The summed E-state index contributed by atoms with van der Waals surface area (Å²) in [5.74, 6) is 0.456. The summed E-state index contributed by atoms with van der Waals surface area (Å²) in [5.41, 5.74) is 1.78. The molecule has 0 fully saturated rings. The van der Waals surface area contributed by atoms with Gasteiger partial charge in [-0.15, -0.1) is 11.3 Å². The summed E-state index contributed by atoms with van der Waals surface area (Å²) in [5, 5.41) is 6.41. The Hall–Kier alpha value is -1.59. The molecule has 0 saturated heterocycles. The molecule has 1 aromatic carbocycles. The summed E-state index contributed by atoms with van der Waals surface area (Å²) in [7, 11) is 0. The van der Waals surface area contributed by atoms with Gasteiger partial charge >= 0.3 is 0 Å². The molecule has 21 heavy (non-hydrogen) atoms. The van der Waals surface area contributed by atoms with E-state index >= 15 is 0 Å². The minimum Gasteiger partial charge on any atom is -0.481 e. The Balaban J connectivity index is 1.88. The van der Waals surface area contributed by atoms with Crippen molar-refractivity contribution >= 4 is 28.8 Å². The van der Waals surface area contributed by atoms with Crippen LogP contribution >= 0.6 is 22.9 Å². The topological polar surface area (TPSA) is 51.2 Å². The quantitative estimate of drug-likeness (QED) is 0.915. The number of benzene rings is 1. The molecule has 0 aliphatic heterocycles. The molecule has 0 bridgehead atoms. The molecule has 1 N–H and O–H groups in total. The molecular weight excluding hydrogens is 308 g/mol. The first-order valence-electron chi connectivity index (χ1n) is 6.57. The van der Waals surface area contributed by atoms with Crippen LogP contribution in [0.4, 0.5) is 0 Å². The summed E-state index contributed by atoms with van der Waals surface area (Å²) in [6.45, 7) is 5.96. The molecule has 0 spiro atoms. The lowest BCUT2D eigenvalue weighted by molar-refractivity contribution is -0.127. The molecule has 0 aliphatic carbocycles. The standard InChI is InChI=1S/C15H17ClN2O2S/c1-9-6-13(4-5-14(9)16)20-10(2)15(19)17-7-12-8-21-11(3)18-12/h4-6,8,10H,7H2,1-3H3,(H,17,19)/t10-/m0/s1. The number of aromatic nitrogens is 1. The normalized spacial score (nSPS) is 12.0. The number of nitrogens with one attached hydrogen (secondary N) is 1. The number of carbonyl (C=O) groups is 1. The van der Waals surface area contributed by atoms with Crippen LogP contribution in [0.5, 0.6) is 5.75 Å². The second-order valence-electron chi connectivity index (χ2n) is 4.75. The number of amides is 1. The van der Waals surface area contributed by atoms with Gasteiger partial charge in [0.25, 0.3) is 5.91 Å². The third kappa shape index (κ3) is 4.44. The Bertz CT molecular complexity index is 642. The molecule has 0 saturated carbocycles. The van der Waals surface area contributed by atoms with Crippen LogP contribution in [0.1, 0.15) is 23.2 Å². The van der Waals surface area contributed by atoms with Crippen molar-refractivity contribution in [3.63, 3.8) is 0 Å². The maximum atomic E-state index is 12.0. The van der Waals surface area contributed by atoms with Gasteiger partial charge in [-0.2, -0.15) is 0 Å². The Labute approximate surface area is 133 Å². The summed E-state index contributed by atoms with van der Waals surface area (Å²) in [4.78, 5) is 16.3. The van der Waals surface area contributed by atoms with E-state index in [-0.39, 0.29) is 5.91 Å². The maximum absolute atomic E-state index is 12.0. The third-order valence-electron chi connectivity index (χ3n) is 2.92. The number of thiazole rings is 1. The monoisotopic (exact) mass is 324 g/mol. The zero-order valence-corrected chi connectivity index (χ0v) is 13.7. The molecular formula is C15H17ClN2O2S. The van der Waals surface area contributed by atoms with Crippen molar-refractivity contribution in [2.24, 2.45) is 0 Å². The first-order chi connectivity index (χ1) is 9.95. The van der Waals surface area contributed by atoms with Crippen molar-refractivity contribution in [3.8, 4) is 5.75 Å². The van der Waals surface area contributed by atoms with E-state index in [4.69, 9.17) is 16.3 Å². The molecule has 1 aromatic heterocycles. The van der Waals surface area contributed by atoms with Crippen LogP contribution in [0.2, 0.25) is 5.02 Å². The summed E-state index contributed by atoms with van der Waals surface area (Å²) >= 11 is 7.52. The zero-order valence-electron chi connectivity index (χ0n) is 12.1. The van der Waals surface area contributed by atoms with E-state index in [9.17, 15) is 4.79 Å². The van der Waals surface area contributed by atoms with Gasteiger partial charge in [-0.05, 0) is 44.5 Å². The minimum atomic E-state index is -0.578. The first-order valence-corrected chi connectivity index (χ1v) is 7.83. The van der Waals surface area contributed by atoms with Gasteiger partial charge in [-0.3, -0.25) is 4.79 Å². The molecule has 4 nitrogen and oxygen atoms in total. The fourth-order valence-corrected chi connectivity index (χ4v) is 2.49. The van der Waals surface area contributed by atoms with E-state index in [0.717, 1.165) is 16.3 Å². The fraction of sp³-hybridized carbons (Fsp3) is 0.333. The van der Waals surface area contributed by atoms with Crippen molar-refractivity contribution in [1.29, 1.82) is 0 Å². The molecule has 1 atom stereocenters. The van der Waals surface area contributed by atoms with Gasteiger partial charge in [0, 0.05) is 10.4 Å². The number of carbonyl (C=O) groups excluding carboxylic acids is 1. The minimum absolute atomic E-state index is 0.173. The Morgan fingerprint density at radius 3 is 2.86 bits per heavy atom. The molecule has 2 rings (SSSR count). The van der Waals surface area contributed by atoms with Gasteiger partial charge in [0.05, 0.1) is 17.2 Å². The lowest BCUT2D eigenvalue weighted by atomic mass is 10.2. The number of hydrogen-bond donors (Lipinski definition) is 1. The van der Waals surface area contributed by atoms with E-state index in [1.54, 1.807) is 30.4 Å². The van der Waals surface area contributed by atoms with Crippen molar-refractivity contribution in [3.05, 3.63) is 44.9 Å². The molecule has 2 aromatic rings. The highest BCUT2D eigenvalue weighted by Gasteiger charge is 2.15. The average molecular weight is 325 g/mol. The van der Waals surface area contributed by atoms with Crippen molar-refractivity contribution in [1.82, 2.24) is 10.3 Å². The Kier molecular flexibility index (Phi) is 5.20. The van der Waals surface area contributed by atoms with Gasteiger partial charge in [0.1, 0.15) is 5.75 Å². The molecule has 1 amide bonds. The van der Waals surface area contributed by atoms with E-state index in [1.165, 1.54) is 0 Å². The predicted octanol–water partition coefficient (Wildman–Crippen LogP) is 3.50. The molecule has 1 heterocycles. The first kappa shape index (κ1) is 15.8. The second-order valence-corrected chi connectivity index (χ2v) is 6.22. The number of rotatable bonds is 5. The zero-order chi connectivity index (χ0) is 15.4. The van der Waals surface area contributed by atoms with E-state index in [2.05, 4.69) is 10.3 Å². The number of hydrogen-bond acceptors (Lipinski definition) is 4. The number of halogens is 1. The van der Waals surface area contributed by atoms with Crippen LogP contribution in [0, 0.1) is 13.8 Å². The van der Waals surface area contributed by atoms with Gasteiger partial charge in [0.2, 0.25) is 0 Å². The maximum Gasteiger partial charge on any atom is 0.261 e. The Morgan fingerprint density at radius 2 is 2.24 bits per heavy atom. The summed E-state index contributed by atoms with van der Waals surface area (Å²) in [6.07, 6.45) is -0.578. The van der Waals surface area contributed by atoms with Crippen LogP contribution in [0.3, 0.4) is 0 Å². The lowest BCUT2D eigenvalue weighted by Gasteiger charge is -2.15. The fourth-order valence-electron chi connectivity index (χ4n) is 1.76. The van der Waals surface area contributed by atoms with Gasteiger partial charge in [0.15, 0.2) is 6.10 Å². The molecule has 0 radical (unpaired) electrons. The smallest absolute Gasteiger partial charge is 0.261 e.